The van der Waals surface area contributed by atoms with Gasteiger partial charge in [0.2, 0.25) is 5.91 Å². The number of rotatable bonds is 7. The zero-order chi connectivity index (χ0) is 21.7. The lowest BCUT2D eigenvalue weighted by atomic mass is 9.96. The molecule has 158 valence electrons. The first-order valence-electron chi connectivity index (χ1n) is 9.84. The van der Waals surface area contributed by atoms with Crippen LogP contribution in [0, 0.1) is 5.92 Å². The Hall–Kier alpha value is -2.80. The molecule has 1 aliphatic rings. The van der Waals surface area contributed by atoms with E-state index in [0.29, 0.717) is 24.5 Å². The minimum absolute atomic E-state index is 0.0541. The van der Waals surface area contributed by atoms with Crippen LogP contribution in [0.25, 0.3) is 0 Å². The average Bonchev–Trinajstić information content (AvgIpc) is 3.18. The van der Waals surface area contributed by atoms with Crippen LogP contribution in [-0.2, 0) is 14.4 Å². The van der Waals surface area contributed by atoms with E-state index < -0.39 is 17.9 Å². The molecular formula is C23H25NO5S. The van der Waals surface area contributed by atoms with E-state index in [1.807, 2.05) is 54.6 Å². The first-order valence-corrected chi connectivity index (χ1v) is 10.8. The van der Waals surface area contributed by atoms with E-state index in [2.05, 4.69) is 0 Å². The minimum atomic E-state index is -0.999. The highest BCUT2D eigenvalue weighted by Gasteiger charge is 2.41. The molecule has 6 nitrogen and oxygen atoms in total. The number of carboxylic acids is 1. The Morgan fingerprint density at radius 2 is 1.73 bits per heavy atom. The van der Waals surface area contributed by atoms with Gasteiger partial charge in [-0.05, 0) is 36.2 Å². The Balaban J connectivity index is 1.68. The summed E-state index contributed by atoms with van der Waals surface area (Å²) in [5, 5.41) is 9.58. The van der Waals surface area contributed by atoms with Gasteiger partial charge in [-0.25, -0.2) is 4.79 Å². The van der Waals surface area contributed by atoms with E-state index in [1.54, 1.807) is 6.92 Å². The number of nitrogens with zero attached hydrogens (tertiary/aromatic N) is 1. The summed E-state index contributed by atoms with van der Waals surface area (Å²) in [4.78, 5) is 37.2. The van der Waals surface area contributed by atoms with Crippen molar-refractivity contribution in [3.63, 3.8) is 0 Å². The van der Waals surface area contributed by atoms with Gasteiger partial charge in [0.15, 0.2) is 5.12 Å². The van der Waals surface area contributed by atoms with E-state index in [1.165, 1.54) is 11.8 Å². The van der Waals surface area contributed by atoms with E-state index in [-0.39, 0.29) is 16.9 Å². The largest absolute Gasteiger partial charge is 0.480 e. The van der Waals surface area contributed by atoms with Crippen molar-refractivity contribution in [2.24, 2.45) is 5.92 Å². The van der Waals surface area contributed by atoms with Gasteiger partial charge in [0.1, 0.15) is 17.5 Å². The monoisotopic (exact) mass is 427 g/mol. The maximum absolute atomic E-state index is 12.8. The summed E-state index contributed by atoms with van der Waals surface area (Å²) in [5.74, 6) is 0.0955. The number of benzene rings is 2. The van der Waals surface area contributed by atoms with E-state index in [4.69, 9.17) is 4.74 Å². The number of carbonyl (C=O) groups is 3. The van der Waals surface area contributed by atoms with Crippen LogP contribution in [0.3, 0.4) is 0 Å². The third kappa shape index (κ3) is 5.42. The van der Waals surface area contributed by atoms with Crippen LogP contribution in [-0.4, -0.2) is 45.3 Å². The summed E-state index contributed by atoms with van der Waals surface area (Å²) in [5.41, 5.74) is 0.975. The summed E-state index contributed by atoms with van der Waals surface area (Å²) in [6.07, 6.45) is 0.368. The zero-order valence-electron chi connectivity index (χ0n) is 17.0. The van der Waals surface area contributed by atoms with Crippen molar-refractivity contribution in [1.29, 1.82) is 0 Å². The van der Waals surface area contributed by atoms with Gasteiger partial charge < -0.3 is 14.7 Å². The van der Waals surface area contributed by atoms with Gasteiger partial charge in [-0.3, -0.25) is 9.59 Å². The molecule has 0 bridgehead atoms. The predicted octanol–water partition coefficient (Wildman–Crippen LogP) is 4.16. The molecule has 3 rings (SSSR count). The summed E-state index contributed by atoms with van der Waals surface area (Å²) in [6, 6.07) is 16.2. The van der Waals surface area contributed by atoms with Crippen LogP contribution in [0.15, 0.2) is 54.6 Å². The van der Waals surface area contributed by atoms with Crippen LogP contribution >= 0.6 is 11.8 Å². The van der Waals surface area contributed by atoms with Crippen LogP contribution in [0.5, 0.6) is 11.5 Å². The Labute approximate surface area is 180 Å². The molecule has 0 radical (unpaired) electrons. The molecule has 7 heteroatoms. The maximum atomic E-state index is 12.8. The van der Waals surface area contributed by atoms with Crippen molar-refractivity contribution in [3.05, 3.63) is 60.2 Å². The lowest BCUT2D eigenvalue weighted by Crippen LogP contribution is -2.43. The van der Waals surface area contributed by atoms with Crippen molar-refractivity contribution in [1.82, 2.24) is 4.90 Å². The first kappa shape index (κ1) is 21.9. The molecule has 3 atom stereocenters. The van der Waals surface area contributed by atoms with Crippen LogP contribution in [0.4, 0.5) is 0 Å². The van der Waals surface area contributed by atoms with Gasteiger partial charge in [0.25, 0.3) is 0 Å². The molecule has 1 saturated heterocycles. The highest BCUT2D eigenvalue weighted by molar-refractivity contribution is 8.13. The second-order valence-electron chi connectivity index (χ2n) is 7.47. The Bertz CT molecular complexity index is 900. The SMILES string of the molecule is CC(=O)SCC(C)C(=O)N1CC(c2ccc(Oc3ccccc3)cc2)C[C@H]1C(=O)O. The molecule has 2 unspecified atom stereocenters. The molecule has 1 aliphatic heterocycles. The Morgan fingerprint density at radius 1 is 1.10 bits per heavy atom. The third-order valence-corrected chi connectivity index (χ3v) is 6.23. The van der Waals surface area contributed by atoms with Crippen LogP contribution < -0.4 is 4.74 Å². The summed E-state index contributed by atoms with van der Waals surface area (Å²) in [7, 11) is 0. The fraction of sp³-hybridized carbons (Fsp3) is 0.348. The number of hydrogen-bond donors (Lipinski definition) is 1. The van der Waals surface area contributed by atoms with Crippen molar-refractivity contribution in [2.75, 3.05) is 12.3 Å². The van der Waals surface area contributed by atoms with Crippen LogP contribution in [0.2, 0.25) is 0 Å². The molecule has 30 heavy (non-hydrogen) atoms. The molecule has 0 saturated carbocycles. The lowest BCUT2D eigenvalue weighted by Gasteiger charge is -2.24. The second-order valence-corrected chi connectivity index (χ2v) is 8.66. The number of hydrogen-bond acceptors (Lipinski definition) is 5. The number of aliphatic carboxylic acids is 1. The number of para-hydroxylation sites is 1. The predicted molar refractivity (Wildman–Crippen MR) is 116 cm³/mol. The standard InChI is InChI=1S/C23H25NO5S/c1-15(14-30-16(2)25)22(26)24-13-18(12-21(24)23(27)28)17-8-10-20(11-9-17)29-19-6-4-3-5-7-19/h3-11,15,18,21H,12-14H2,1-2H3,(H,27,28)/t15?,18?,21-/m0/s1. The Morgan fingerprint density at radius 3 is 2.33 bits per heavy atom. The molecule has 0 spiro atoms. The van der Waals surface area contributed by atoms with Gasteiger partial charge in [-0.1, -0.05) is 49.0 Å². The molecule has 0 aliphatic carbocycles. The van der Waals surface area contributed by atoms with Gasteiger partial charge >= 0.3 is 5.97 Å². The van der Waals surface area contributed by atoms with Crippen molar-refractivity contribution >= 4 is 28.8 Å². The smallest absolute Gasteiger partial charge is 0.326 e. The van der Waals surface area contributed by atoms with E-state index >= 15 is 0 Å². The zero-order valence-corrected chi connectivity index (χ0v) is 17.8. The molecule has 1 amide bonds. The van der Waals surface area contributed by atoms with E-state index in [0.717, 1.165) is 23.1 Å². The van der Waals surface area contributed by atoms with E-state index in [9.17, 15) is 19.5 Å². The molecule has 2 aromatic carbocycles. The fourth-order valence-corrected chi connectivity index (χ4v) is 4.21. The topological polar surface area (TPSA) is 83.9 Å². The number of carboxylic acid groups (broad SMARTS) is 1. The normalized spacial score (nSPS) is 19.3. The molecule has 1 fully saturated rings. The second kappa shape index (κ2) is 9.80. The first-order chi connectivity index (χ1) is 14.3. The summed E-state index contributed by atoms with van der Waals surface area (Å²) < 4.78 is 5.80. The third-order valence-electron chi connectivity index (χ3n) is 5.16. The minimum Gasteiger partial charge on any atom is -0.480 e. The molecule has 0 aromatic heterocycles. The number of likely N-dealkylation sites (tertiary alicyclic amines) is 1. The number of ether oxygens (including phenoxy) is 1. The molecule has 1 N–H and O–H groups in total. The lowest BCUT2D eigenvalue weighted by molar-refractivity contribution is -0.149. The summed E-state index contributed by atoms with van der Waals surface area (Å²) >= 11 is 1.09. The van der Waals surface area contributed by atoms with Gasteiger partial charge in [0, 0.05) is 31.1 Å². The molecule has 1 heterocycles. The van der Waals surface area contributed by atoms with Gasteiger partial charge in [-0.15, -0.1) is 0 Å². The average molecular weight is 428 g/mol. The highest BCUT2D eigenvalue weighted by atomic mass is 32.2. The van der Waals surface area contributed by atoms with Gasteiger partial charge in [0.05, 0.1) is 0 Å². The maximum Gasteiger partial charge on any atom is 0.326 e. The number of amides is 1. The quantitative estimate of drug-likeness (QED) is 0.714. The number of thioether (sulfide) groups is 1. The fourth-order valence-electron chi connectivity index (χ4n) is 3.58. The van der Waals surface area contributed by atoms with Crippen molar-refractivity contribution < 1.29 is 24.2 Å². The highest BCUT2D eigenvalue weighted by Crippen LogP contribution is 2.34. The van der Waals surface area contributed by atoms with Crippen LogP contribution in [0.1, 0.15) is 31.7 Å². The summed E-state index contributed by atoms with van der Waals surface area (Å²) in [6.45, 7) is 3.54. The molecular weight excluding hydrogens is 402 g/mol. The number of carbonyl (C=O) groups excluding carboxylic acids is 2. The van der Waals surface area contributed by atoms with Gasteiger partial charge in [-0.2, -0.15) is 0 Å². The Kier molecular flexibility index (Phi) is 7.15. The molecule has 2 aromatic rings. The van der Waals surface area contributed by atoms with Crippen molar-refractivity contribution in [2.45, 2.75) is 32.2 Å². The van der Waals surface area contributed by atoms with Crippen molar-refractivity contribution in [3.8, 4) is 11.5 Å².